The number of benzene rings is 1. The van der Waals surface area contributed by atoms with Gasteiger partial charge in [-0.3, -0.25) is 23.9 Å². The van der Waals surface area contributed by atoms with E-state index in [4.69, 9.17) is 19.2 Å². The molecule has 2 aliphatic carbocycles. The highest BCUT2D eigenvalue weighted by Crippen LogP contribution is 2.46. The third kappa shape index (κ3) is 8.10. The van der Waals surface area contributed by atoms with Gasteiger partial charge in [-0.15, -0.1) is 17.9 Å². The van der Waals surface area contributed by atoms with Crippen LogP contribution in [-0.4, -0.2) is 87.1 Å². The van der Waals surface area contributed by atoms with Gasteiger partial charge in [0, 0.05) is 18.4 Å². The Labute approximate surface area is 340 Å². The van der Waals surface area contributed by atoms with Gasteiger partial charge in [-0.1, -0.05) is 68.0 Å². The Morgan fingerprint density at radius 3 is 2.38 bits per heavy atom. The maximum Gasteiger partial charge on any atom is 0.290 e. The SMILES string of the molecule is C=C[C@@H]1CC1(NC(=O)[C@@H]1C[C@@H](Oc2nc3ccccc3nc2-c2cccs2)C2CCCCCCCCC(NC(=O)c3cc(C)no3)C(=O)N21)C(=O)NS(=O)(=O)C1CC1. The molecule has 1 aromatic carbocycles. The van der Waals surface area contributed by atoms with Gasteiger partial charge in [0.1, 0.15) is 29.4 Å². The molecule has 2 saturated carbocycles. The summed E-state index contributed by atoms with van der Waals surface area (Å²) in [5, 5.41) is 10.9. The number of hydrogen-bond acceptors (Lipinski definition) is 12. The van der Waals surface area contributed by atoms with Gasteiger partial charge in [-0.25, -0.2) is 18.4 Å². The minimum absolute atomic E-state index is 0.0272. The standard InChI is InChI=1S/C41H47N7O8S2/c1-3-25-23-41(25,40(52)47-58(53,54)26-18-19-26)45-36(49)31-22-32(55-38-35(34-17-12-20-57-34)42-27-13-10-11-14-28(27)44-38)30-16-9-7-5-4-6-8-15-29(39(51)48(30)31)43-37(50)33-21-24(2)46-56-33/h3,10-14,17,20-21,25-26,29-32H,1,4-9,15-16,18-19,22-23H2,2H3,(H,43,50)(H,45,49)(H,47,52)/t25-,29?,30?,31+,32-,41?/m1/s1. The lowest BCUT2D eigenvalue weighted by molar-refractivity contribution is -0.143. The lowest BCUT2D eigenvalue weighted by atomic mass is 9.98. The van der Waals surface area contributed by atoms with Gasteiger partial charge in [0.25, 0.3) is 11.8 Å². The molecule has 0 bridgehead atoms. The number of hydrogen-bond donors (Lipinski definition) is 3. The second kappa shape index (κ2) is 16.2. The molecule has 58 heavy (non-hydrogen) atoms. The Morgan fingerprint density at radius 2 is 1.72 bits per heavy atom. The third-order valence-corrected chi connectivity index (χ3v) is 14.3. The van der Waals surface area contributed by atoms with Gasteiger partial charge in [-0.05, 0) is 62.6 Å². The summed E-state index contributed by atoms with van der Waals surface area (Å²) in [4.78, 5) is 69.3. The van der Waals surface area contributed by atoms with Crippen molar-refractivity contribution in [1.82, 2.24) is 35.4 Å². The van der Waals surface area contributed by atoms with Gasteiger partial charge in [0.05, 0.1) is 32.9 Å². The van der Waals surface area contributed by atoms with E-state index >= 15 is 4.79 Å². The van der Waals surface area contributed by atoms with Gasteiger partial charge in [0.15, 0.2) is 0 Å². The third-order valence-electron chi connectivity index (χ3n) is 11.6. The number of sulfonamides is 1. The maximum atomic E-state index is 15.1. The van der Waals surface area contributed by atoms with E-state index < -0.39 is 74.6 Å². The highest BCUT2D eigenvalue weighted by Gasteiger charge is 2.62. The fraction of sp³-hybridized carbons (Fsp3) is 0.488. The number of fused-ring (bicyclic) bond motifs is 2. The lowest BCUT2D eigenvalue weighted by Crippen LogP contribution is -2.59. The van der Waals surface area contributed by atoms with E-state index in [1.807, 2.05) is 41.8 Å². The zero-order valence-electron chi connectivity index (χ0n) is 32.2. The number of amides is 4. The fourth-order valence-electron chi connectivity index (χ4n) is 8.25. The molecule has 2 saturated heterocycles. The van der Waals surface area contributed by atoms with Crippen molar-refractivity contribution in [2.45, 2.75) is 119 Å². The molecule has 4 aliphatic rings. The van der Waals surface area contributed by atoms with Crippen molar-refractivity contribution in [2.24, 2.45) is 5.92 Å². The Bertz CT molecular complexity index is 2330. The van der Waals surface area contributed by atoms with Crippen LogP contribution >= 0.6 is 11.3 Å². The minimum Gasteiger partial charge on any atom is -0.470 e. The number of nitrogens with one attached hydrogen (secondary N) is 3. The molecule has 15 nitrogen and oxygen atoms in total. The summed E-state index contributed by atoms with van der Waals surface area (Å²) in [6.45, 7) is 5.52. The summed E-state index contributed by atoms with van der Waals surface area (Å²) < 4.78 is 40.0. The van der Waals surface area contributed by atoms with E-state index in [1.54, 1.807) is 6.92 Å². The molecule has 0 radical (unpaired) electrons. The minimum atomic E-state index is -3.92. The van der Waals surface area contributed by atoms with Gasteiger partial charge < -0.3 is 24.8 Å². The van der Waals surface area contributed by atoms with Crippen molar-refractivity contribution < 1.29 is 36.9 Å². The molecule has 3 unspecified atom stereocenters. The van der Waals surface area contributed by atoms with E-state index in [2.05, 4.69) is 27.1 Å². The molecular weight excluding hydrogens is 783 g/mol. The molecule has 4 amide bonds. The van der Waals surface area contributed by atoms with E-state index in [0.29, 0.717) is 54.5 Å². The van der Waals surface area contributed by atoms with Crippen molar-refractivity contribution in [3.05, 3.63) is 72.0 Å². The molecule has 5 heterocycles. The van der Waals surface area contributed by atoms with Crippen molar-refractivity contribution in [1.29, 1.82) is 0 Å². The molecule has 4 aromatic rings. The van der Waals surface area contributed by atoms with E-state index in [9.17, 15) is 22.8 Å². The smallest absolute Gasteiger partial charge is 0.290 e. The number of para-hydroxylation sites is 2. The van der Waals surface area contributed by atoms with Crippen molar-refractivity contribution in [3.63, 3.8) is 0 Å². The normalized spacial score (nSPS) is 26.5. The Hall–Kier alpha value is -5.16. The molecule has 6 atom stereocenters. The molecular formula is C41H47N7O8S2. The van der Waals surface area contributed by atoms with Crippen LogP contribution in [0.25, 0.3) is 21.6 Å². The number of thiophene rings is 1. The Morgan fingerprint density at radius 1 is 1.00 bits per heavy atom. The number of carbonyl (C=O) groups excluding carboxylic acids is 4. The molecule has 306 valence electrons. The number of carbonyl (C=O) groups is 4. The zero-order valence-corrected chi connectivity index (χ0v) is 33.9. The maximum absolute atomic E-state index is 15.1. The largest absolute Gasteiger partial charge is 0.470 e. The highest BCUT2D eigenvalue weighted by atomic mass is 32.2. The van der Waals surface area contributed by atoms with Gasteiger partial charge in [-0.2, -0.15) is 0 Å². The van der Waals surface area contributed by atoms with Crippen LogP contribution in [0.3, 0.4) is 0 Å². The monoisotopic (exact) mass is 829 g/mol. The Kier molecular flexibility index (Phi) is 11.1. The van der Waals surface area contributed by atoms with E-state index in [-0.39, 0.29) is 24.5 Å². The van der Waals surface area contributed by atoms with Crippen LogP contribution in [0.1, 0.15) is 93.3 Å². The second-order valence-electron chi connectivity index (χ2n) is 15.8. The number of aromatic nitrogens is 3. The average molecular weight is 830 g/mol. The van der Waals surface area contributed by atoms with Crippen LogP contribution in [0.15, 0.2) is 65.0 Å². The lowest BCUT2D eigenvalue weighted by Gasteiger charge is -2.35. The second-order valence-corrected chi connectivity index (χ2v) is 18.7. The van der Waals surface area contributed by atoms with Crippen LogP contribution in [0, 0.1) is 12.8 Å². The van der Waals surface area contributed by atoms with Crippen molar-refractivity contribution in [2.75, 3.05) is 0 Å². The highest BCUT2D eigenvalue weighted by molar-refractivity contribution is 7.91. The van der Waals surface area contributed by atoms with Gasteiger partial charge in [0.2, 0.25) is 33.5 Å². The quantitative estimate of drug-likeness (QED) is 0.172. The molecule has 17 heteroatoms. The first kappa shape index (κ1) is 39.7. The van der Waals surface area contributed by atoms with Crippen LogP contribution in [0.4, 0.5) is 0 Å². The summed E-state index contributed by atoms with van der Waals surface area (Å²) in [5.74, 6) is -2.88. The number of rotatable bonds is 11. The summed E-state index contributed by atoms with van der Waals surface area (Å²) in [5.41, 5.74) is 0.753. The predicted molar refractivity (Wildman–Crippen MR) is 215 cm³/mol. The average Bonchev–Trinajstić information content (AvgIpc) is 4.02. The molecule has 3 N–H and O–H groups in total. The topological polar surface area (TPSA) is 203 Å². The van der Waals surface area contributed by atoms with Crippen LogP contribution < -0.4 is 20.1 Å². The Balaban J connectivity index is 1.17. The first-order chi connectivity index (χ1) is 28.0. The molecule has 2 aliphatic heterocycles. The summed E-state index contributed by atoms with van der Waals surface area (Å²) >= 11 is 1.48. The first-order valence-electron chi connectivity index (χ1n) is 20.0. The summed E-state index contributed by atoms with van der Waals surface area (Å²) in [6, 6.07) is 9.95. The van der Waals surface area contributed by atoms with Crippen LogP contribution in [0.2, 0.25) is 0 Å². The van der Waals surface area contributed by atoms with Crippen molar-refractivity contribution >= 4 is 56.0 Å². The predicted octanol–water partition coefficient (Wildman–Crippen LogP) is 4.97. The fourth-order valence-corrected chi connectivity index (χ4v) is 10.3. The van der Waals surface area contributed by atoms with E-state index in [1.165, 1.54) is 28.4 Å². The summed E-state index contributed by atoms with van der Waals surface area (Å²) in [7, 11) is -3.92. The molecule has 0 spiro atoms. The molecule has 4 fully saturated rings. The van der Waals surface area contributed by atoms with Gasteiger partial charge >= 0.3 is 0 Å². The zero-order chi connectivity index (χ0) is 40.6. The number of ether oxygens (including phenoxy) is 1. The first-order valence-corrected chi connectivity index (χ1v) is 22.4. The number of nitrogens with zero attached hydrogens (tertiary/aromatic N) is 4. The number of aryl methyl sites for hydroxylation is 1. The molecule has 3 aromatic heterocycles. The van der Waals surface area contributed by atoms with Crippen LogP contribution in [0.5, 0.6) is 5.88 Å². The van der Waals surface area contributed by atoms with Crippen molar-refractivity contribution in [3.8, 4) is 16.5 Å². The van der Waals surface area contributed by atoms with Crippen LogP contribution in [-0.2, 0) is 24.4 Å². The summed E-state index contributed by atoms with van der Waals surface area (Å²) in [6.07, 6.45) is 7.75. The van der Waals surface area contributed by atoms with E-state index in [0.717, 1.165) is 37.0 Å². The molecule has 8 rings (SSSR count).